The van der Waals surface area contributed by atoms with Gasteiger partial charge >= 0.3 is 18.1 Å². The molecule has 0 aromatic heterocycles. The summed E-state index contributed by atoms with van der Waals surface area (Å²) in [6, 6.07) is 5.66. The van der Waals surface area contributed by atoms with Crippen molar-refractivity contribution in [3.63, 3.8) is 0 Å². The first-order valence-corrected chi connectivity index (χ1v) is 16.9. The van der Waals surface area contributed by atoms with Gasteiger partial charge in [-0.15, -0.1) is 0 Å². The Hall–Kier alpha value is -4.09. The van der Waals surface area contributed by atoms with Gasteiger partial charge in [-0.05, 0) is 56.1 Å². The third-order valence-corrected chi connectivity index (χ3v) is 10.3. The maximum Gasteiger partial charge on any atom is 0.410 e. The quantitative estimate of drug-likeness (QED) is 0.370. The van der Waals surface area contributed by atoms with Crippen molar-refractivity contribution in [1.82, 2.24) is 25.8 Å². The molecule has 0 spiro atoms. The van der Waals surface area contributed by atoms with Gasteiger partial charge in [0.25, 0.3) is 0 Å². The second-order valence-electron chi connectivity index (χ2n) is 13.5. The molecule has 2 aliphatic carbocycles. The zero-order valence-electron chi connectivity index (χ0n) is 26.2. The van der Waals surface area contributed by atoms with Gasteiger partial charge in [-0.25, -0.2) is 14.4 Å². The highest BCUT2D eigenvalue weighted by Crippen LogP contribution is 2.45. The zero-order valence-corrected chi connectivity index (χ0v) is 26.2. The summed E-state index contributed by atoms with van der Waals surface area (Å²) in [6.45, 7) is 0.874. The number of rotatable bonds is 4. The van der Waals surface area contributed by atoms with E-state index in [0.717, 1.165) is 50.5 Å². The fourth-order valence-electron chi connectivity index (χ4n) is 7.47. The lowest BCUT2D eigenvalue weighted by Crippen LogP contribution is -2.57. The number of nitrogens with zero attached hydrogens (tertiary/aromatic N) is 2. The second-order valence-corrected chi connectivity index (χ2v) is 13.5. The number of ether oxygens (including phenoxy) is 1. The SMILES string of the molecule is O=C(NC1CCCC1)N[C@H]1CCCCCC=C[C@@H]2C[C@@]2(C(=O)O)NC(=O)[C@@H]2C[C@@H](OC(=O)N3CCc4ccccc4C3)CN2C1=O. The van der Waals surface area contributed by atoms with E-state index < -0.39 is 53.6 Å². The molecular formula is C34H45N5O7. The Morgan fingerprint density at radius 2 is 1.74 bits per heavy atom. The highest BCUT2D eigenvalue weighted by Gasteiger charge is 2.61. The van der Waals surface area contributed by atoms with E-state index in [0.29, 0.717) is 32.4 Å². The Bertz CT molecular complexity index is 1380. The number of urea groups is 1. The molecule has 5 aliphatic rings. The van der Waals surface area contributed by atoms with E-state index in [1.54, 1.807) is 4.90 Å². The third kappa shape index (κ3) is 7.00. The number of carbonyl (C=O) groups excluding carboxylic acids is 4. The minimum atomic E-state index is -1.43. The van der Waals surface area contributed by atoms with Gasteiger partial charge in [0.05, 0.1) is 6.54 Å². The molecule has 0 unspecified atom stereocenters. The first kappa shape index (κ1) is 31.9. The van der Waals surface area contributed by atoms with Crippen LogP contribution < -0.4 is 16.0 Å². The smallest absolute Gasteiger partial charge is 0.410 e. The number of fused-ring (bicyclic) bond motifs is 3. The molecule has 3 heterocycles. The van der Waals surface area contributed by atoms with Crippen molar-refractivity contribution in [2.24, 2.45) is 5.92 Å². The van der Waals surface area contributed by atoms with Crippen LogP contribution in [0.1, 0.15) is 81.8 Å². The van der Waals surface area contributed by atoms with Crippen LogP contribution in [-0.4, -0.2) is 87.7 Å². The summed E-state index contributed by atoms with van der Waals surface area (Å²) in [4.78, 5) is 69.6. The molecule has 5 amide bonds. The van der Waals surface area contributed by atoms with E-state index in [-0.39, 0.29) is 31.3 Å². The van der Waals surface area contributed by atoms with Crippen LogP contribution in [0, 0.1) is 5.92 Å². The number of nitrogens with one attached hydrogen (secondary N) is 3. The van der Waals surface area contributed by atoms with E-state index in [1.807, 2.05) is 36.4 Å². The van der Waals surface area contributed by atoms with E-state index in [4.69, 9.17) is 4.74 Å². The molecule has 3 fully saturated rings. The predicted octanol–water partition coefficient (Wildman–Crippen LogP) is 3.24. The Balaban J connectivity index is 1.20. The van der Waals surface area contributed by atoms with Gasteiger partial charge in [0, 0.05) is 31.5 Å². The number of benzene rings is 1. The molecule has 12 heteroatoms. The van der Waals surface area contributed by atoms with Gasteiger partial charge in [-0.3, -0.25) is 9.59 Å². The molecule has 3 aliphatic heterocycles. The maximum absolute atomic E-state index is 14.2. The number of hydrogen-bond acceptors (Lipinski definition) is 6. The van der Waals surface area contributed by atoms with Gasteiger partial charge in [0.15, 0.2) is 0 Å². The van der Waals surface area contributed by atoms with Gasteiger partial charge < -0.3 is 35.6 Å². The summed E-state index contributed by atoms with van der Waals surface area (Å²) in [5, 5.41) is 18.7. The van der Waals surface area contributed by atoms with Crippen molar-refractivity contribution in [2.75, 3.05) is 13.1 Å². The summed E-state index contributed by atoms with van der Waals surface area (Å²) in [5.41, 5.74) is 0.810. The number of amides is 5. The first-order valence-electron chi connectivity index (χ1n) is 16.9. The molecule has 5 atom stereocenters. The van der Waals surface area contributed by atoms with Crippen molar-refractivity contribution >= 4 is 29.9 Å². The van der Waals surface area contributed by atoms with Crippen molar-refractivity contribution in [3.05, 3.63) is 47.5 Å². The monoisotopic (exact) mass is 635 g/mol. The molecule has 6 rings (SSSR count). The van der Waals surface area contributed by atoms with Crippen LogP contribution in [-0.2, 0) is 32.1 Å². The molecule has 0 radical (unpaired) electrons. The van der Waals surface area contributed by atoms with Crippen molar-refractivity contribution in [1.29, 1.82) is 0 Å². The van der Waals surface area contributed by atoms with Gasteiger partial charge in [-0.1, -0.05) is 62.1 Å². The van der Waals surface area contributed by atoms with Crippen molar-refractivity contribution in [3.8, 4) is 0 Å². The van der Waals surface area contributed by atoms with Crippen molar-refractivity contribution < 1.29 is 33.8 Å². The highest BCUT2D eigenvalue weighted by atomic mass is 16.6. The van der Waals surface area contributed by atoms with Crippen LogP contribution in [0.25, 0.3) is 0 Å². The fraction of sp³-hybridized carbons (Fsp3) is 0.618. The van der Waals surface area contributed by atoms with E-state index in [2.05, 4.69) is 16.0 Å². The molecule has 4 N–H and O–H groups in total. The Morgan fingerprint density at radius 3 is 2.52 bits per heavy atom. The second kappa shape index (κ2) is 13.7. The Labute approximate surface area is 269 Å². The molecule has 0 bridgehead atoms. The van der Waals surface area contributed by atoms with Crippen LogP contribution in [0.2, 0.25) is 0 Å². The summed E-state index contributed by atoms with van der Waals surface area (Å²) in [7, 11) is 0. The minimum Gasteiger partial charge on any atom is -0.479 e. The molecule has 1 aromatic rings. The number of carboxylic acids is 1. The number of carbonyl (C=O) groups is 5. The lowest BCUT2D eigenvalue weighted by Gasteiger charge is -2.30. The van der Waals surface area contributed by atoms with Crippen LogP contribution in [0.5, 0.6) is 0 Å². The molecule has 1 saturated heterocycles. The topological polar surface area (TPSA) is 157 Å². The summed E-state index contributed by atoms with van der Waals surface area (Å²) < 4.78 is 5.91. The molecule has 46 heavy (non-hydrogen) atoms. The predicted molar refractivity (Wildman–Crippen MR) is 167 cm³/mol. The number of carboxylic acid groups (broad SMARTS) is 1. The van der Waals surface area contributed by atoms with Crippen LogP contribution >= 0.6 is 0 Å². The molecule has 12 nitrogen and oxygen atoms in total. The van der Waals surface area contributed by atoms with E-state index >= 15 is 0 Å². The first-order chi connectivity index (χ1) is 22.2. The zero-order chi connectivity index (χ0) is 32.3. The summed E-state index contributed by atoms with van der Waals surface area (Å²) in [5.74, 6) is -2.49. The molecular weight excluding hydrogens is 590 g/mol. The number of allylic oxidation sites excluding steroid dienone is 1. The average Bonchev–Trinajstić information content (AvgIpc) is 3.32. The third-order valence-electron chi connectivity index (χ3n) is 10.3. The van der Waals surface area contributed by atoms with E-state index in [9.17, 15) is 29.1 Å². The number of hydrogen-bond donors (Lipinski definition) is 4. The normalized spacial score (nSPS) is 30.2. The number of aliphatic carboxylic acids is 1. The summed E-state index contributed by atoms with van der Waals surface area (Å²) >= 11 is 0. The lowest BCUT2D eigenvalue weighted by molar-refractivity contribution is -0.145. The van der Waals surface area contributed by atoms with Gasteiger partial charge in [0.2, 0.25) is 11.8 Å². The maximum atomic E-state index is 14.2. The van der Waals surface area contributed by atoms with Crippen LogP contribution in [0.4, 0.5) is 9.59 Å². The summed E-state index contributed by atoms with van der Waals surface area (Å²) in [6.07, 6.45) is 11.0. The van der Waals surface area contributed by atoms with E-state index in [1.165, 1.54) is 10.5 Å². The molecule has 1 aromatic carbocycles. The Kier molecular flexibility index (Phi) is 9.51. The standard InChI is InChI=1S/C34H45N5O7/c40-29-28-18-26(46-33(45)38-17-16-22-10-6-7-11-23(22)20-38)21-39(28)30(41)27(36-32(44)35-25-13-8-9-14-25)15-5-3-1-2-4-12-24-19-34(24,37-29)31(42)43/h4,6-7,10-12,24-28H,1-3,5,8-9,13-21H2,(H,37,40)(H,42,43)(H2,35,36,44)/t24-,26-,27+,28+,34-/m1/s1. The van der Waals surface area contributed by atoms with Crippen molar-refractivity contribution in [2.45, 2.75) is 113 Å². The largest absolute Gasteiger partial charge is 0.479 e. The molecule has 248 valence electrons. The van der Waals surface area contributed by atoms with Gasteiger partial charge in [0.1, 0.15) is 23.7 Å². The lowest BCUT2D eigenvalue weighted by atomic mass is 10.0. The van der Waals surface area contributed by atoms with Gasteiger partial charge in [-0.2, -0.15) is 0 Å². The minimum absolute atomic E-state index is 0.0289. The fourth-order valence-corrected chi connectivity index (χ4v) is 7.47. The highest BCUT2D eigenvalue weighted by molar-refractivity contribution is 5.96. The van der Waals surface area contributed by atoms with Crippen LogP contribution in [0.15, 0.2) is 36.4 Å². The molecule has 2 saturated carbocycles. The Morgan fingerprint density at radius 1 is 0.978 bits per heavy atom. The average molecular weight is 636 g/mol. The van der Waals surface area contributed by atoms with Crippen LogP contribution in [0.3, 0.4) is 0 Å².